The van der Waals surface area contributed by atoms with Crippen molar-refractivity contribution < 1.29 is 4.74 Å². The fourth-order valence-electron chi connectivity index (χ4n) is 2.21. The van der Waals surface area contributed by atoms with Gasteiger partial charge in [0.15, 0.2) is 0 Å². The lowest BCUT2D eigenvalue weighted by Crippen LogP contribution is -2.54. The Morgan fingerprint density at radius 1 is 1.47 bits per heavy atom. The molecule has 1 aromatic rings. The van der Waals surface area contributed by atoms with Crippen LogP contribution in [0, 0.1) is 0 Å². The van der Waals surface area contributed by atoms with Crippen molar-refractivity contribution in [3.8, 4) is 0 Å². The van der Waals surface area contributed by atoms with Gasteiger partial charge in [0.1, 0.15) is 0 Å². The Balaban J connectivity index is 2.79. The van der Waals surface area contributed by atoms with Crippen LogP contribution in [0.25, 0.3) is 0 Å². The molecule has 0 aliphatic heterocycles. The molecule has 2 atom stereocenters. The molecule has 0 fully saturated rings. The maximum atomic E-state index is 5.88. The van der Waals surface area contributed by atoms with Crippen molar-refractivity contribution in [2.75, 3.05) is 6.61 Å². The second-order valence-electron chi connectivity index (χ2n) is 5.40. The minimum Gasteiger partial charge on any atom is -0.374 e. The Morgan fingerprint density at radius 3 is 2.58 bits per heavy atom. The van der Waals surface area contributed by atoms with E-state index in [0.29, 0.717) is 12.6 Å². The molecule has 0 saturated carbocycles. The number of nitrogens with one attached hydrogen (secondary N) is 1. The normalized spacial score (nSPS) is 16.6. The van der Waals surface area contributed by atoms with E-state index in [2.05, 4.69) is 38.2 Å². The fraction of sp³-hybridized carbons (Fsp3) is 0.786. The molecule has 0 amide bonds. The first-order valence-corrected chi connectivity index (χ1v) is 7.11. The molecule has 19 heavy (non-hydrogen) atoms. The Bertz CT molecular complexity index is 377. The lowest BCUT2D eigenvalue weighted by atomic mass is 9.90. The van der Waals surface area contributed by atoms with Gasteiger partial charge in [-0.25, -0.2) is 0 Å². The van der Waals surface area contributed by atoms with E-state index >= 15 is 0 Å². The number of hydrazine groups is 1. The number of rotatable bonds is 8. The molecule has 1 aromatic heterocycles. The summed E-state index contributed by atoms with van der Waals surface area (Å²) >= 11 is 0. The summed E-state index contributed by atoms with van der Waals surface area (Å²) in [7, 11) is 0. The summed E-state index contributed by atoms with van der Waals surface area (Å²) in [5, 5.41) is 4.57. The molecule has 5 heteroatoms. The largest absolute Gasteiger partial charge is 0.374 e. The zero-order chi connectivity index (χ0) is 14.5. The number of hydrogen-bond acceptors (Lipinski definition) is 4. The predicted octanol–water partition coefficient (Wildman–Crippen LogP) is 2.04. The first kappa shape index (κ1) is 16.1. The summed E-state index contributed by atoms with van der Waals surface area (Å²) in [5.41, 5.74) is 3.66. The first-order valence-electron chi connectivity index (χ1n) is 7.11. The Morgan fingerprint density at radius 2 is 2.16 bits per heavy atom. The molecular weight excluding hydrogens is 240 g/mol. The van der Waals surface area contributed by atoms with Crippen molar-refractivity contribution in [3.05, 3.63) is 18.0 Å². The summed E-state index contributed by atoms with van der Waals surface area (Å²) in [6.07, 6.45) is 3.68. The van der Waals surface area contributed by atoms with Gasteiger partial charge in [0.25, 0.3) is 0 Å². The summed E-state index contributed by atoms with van der Waals surface area (Å²) in [4.78, 5) is 0. The van der Waals surface area contributed by atoms with Gasteiger partial charge in [-0.05, 0) is 40.2 Å². The molecule has 1 rings (SSSR count). The number of ether oxygens (including phenoxy) is 1. The van der Waals surface area contributed by atoms with Gasteiger partial charge in [0, 0.05) is 25.3 Å². The minimum absolute atomic E-state index is 0.0490. The van der Waals surface area contributed by atoms with Crippen LogP contribution in [0.4, 0.5) is 0 Å². The second kappa shape index (κ2) is 7.03. The third kappa shape index (κ3) is 4.03. The maximum absolute atomic E-state index is 5.88. The first-order chi connectivity index (χ1) is 8.96. The summed E-state index contributed by atoms with van der Waals surface area (Å²) in [6.45, 7) is 11.1. The van der Waals surface area contributed by atoms with Crippen LogP contribution in [0.15, 0.2) is 12.3 Å². The highest BCUT2D eigenvalue weighted by Crippen LogP contribution is 2.22. The van der Waals surface area contributed by atoms with Gasteiger partial charge in [-0.2, -0.15) is 5.10 Å². The SMILES string of the molecule is CCOC(C)(CC)C(Cc1ccn(C(C)C)n1)NN. The Hall–Kier alpha value is -0.910. The van der Waals surface area contributed by atoms with Crippen LogP contribution in [0.2, 0.25) is 0 Å². The number of hydrogen-bond donors (Lipinski definition) is 2. The van der Waals surface area contributed by atoms with Crippen LogP contribution in [-0.4, -0.2) is 28.0 Å². The van der Waals surface area contributed by atoms with Crippen molar-refractivity contribution in [3.63, 3.8) is 0 Å². The fourth-order valence-corrected chi connectivity index (χ4v) is 2.21. The van der Waals surface area contributed by atoms with Crippen molar-refractivity contribution in [2.45, 2.75) is 65.1 Å². The smallest absolute Gasteiger partial charge is 0.0821 e. The van der Waals surface area contributed by atoms with Crippen molar-refractivity contribution in [1.82, 2.24) is 15.2 Å². The summed E-state index contributed by atoms with van der Waals surface area (Å²) in [6, 6.07) is 2.47. The van der Waals surface area contributed by atoms with Gasteiger partial charge in [-0.1, -0.05) is 6.92 Å². The zero-order valence-electron chi connectivity index (χ0n) is 12.8. The average molecular weight is 268 g/mol. The van der Waals surface area contributed by atoms with E-state index < -0.39 is 0 Å². The van der Waals surface area contributed by atoms with E-state index in [0.717, 1.165) is 18.5 Å². The second-order valence-corrected chi connectivity index (χ2v) is 5.40. The van der Waals surface area contributed by atoms with E-state index in [-0.39, 0.29) is 11.6 Å². The zero-order valence-corrected chi connectivity index (χ0v) is 12.8. The third-order valence-electron chi connectivity index (χ3n) is 3.72. The van der Waals surface area contributed by atoms with Crippen LogP contribution in [0.5, 0.6) is 0 Å². The molecule has 2 unspecified atom stereocenters. The molecular formula is C14H28N4O. The maximum Gasteiger partial charge on any atom is 0.0821 e. The van der Waals surface area contributed by atoms with E-state index in [1.807, 2.05) is 23.9 Å². The molecule has 0 radical (unpaired) electrons. The highest BCUT2D eigenvalue weighted by atomic mass is 16.5. The molecule has 0 bridgehead atoms. The minimum atomic E-state index is -0.273. The topological polar surface area (TPSA) is 65.1 Å². The van der Waals surface area contributed by atoms with Gasteiger partial charge in [-0.3, -0.25) is 16.0 Å². The standard InChI is InChI=1S/C14H28N4O/c1-6-14(5,19-7-2)13(16-15)10-12-8-9-18(17-12)11(3)4/h8-9,11,13,16H,6-7,10,15H2,1-5H3. The van der Waals surface area contributed by atoms with Gasteiger partial charge in [0.2, 0.25) is 0 Å². The van der Waals surface area contributed by atoms with Crippen LogP contribution in [0.1, 0.15) is 52.8 Å². The third-order valence-corrected chi connectivity index (χ3v) is 3.72. The highest BCUT2D eigenvalue weighted by Gasteiger charge is 2.33. The lowest BCUT2D eigenvalue weighted by Gasteiger charge is -2.36. The van der Waals surface area contributed by atoms with Crippen LogP contribution in [-0.2, 0) is 11.2 Å². The Labute approximate surface area is 116 Å². The Kier molecular flexibility index (Phi) is 5.97. The van der Waals surface area contributed by atoms with Crippen LogP contribution in [0.3, 0.4) is 0 Å². The molecule has 0 aromatic carbocycles. The van der Waals surface area contributed by atoms with E-state index in [4.69, 9.17) is 10.6 Å². The van der Waals surface area contributed by atoms with Crippen LogP contribution >= 0.6 is 0 Å². The van der Waals surface area contributed by atoms with Gasteiger partial charge >= 0.3 is 0 Å². The molecule has 5 nitrogen and oxygen atoms in total. The van der Waals surface area contributed by atoms with E-state index in [1.54, 1.807) is 0 Å². The molecule has 0 saturated heterocycles. The number of nitrogens with zero attached hydrogens (tertiary/aromatic N) is 2. The molecule has 1 heterocycles. The molecule has 0 aliphatic rings. The quantitative estimate of drug-likeness (QED) is 0.559. The van der Waals surface area contributed by atoms with E-state index in [9.17, 15) is 0 Å². The molecule has 110 valence electrons. The van der Waals surface area contributed by atoms with Gasteiger partial charge in [-0.15, -0.1) is 0 Å². The van der Waals surface area contributed by atoms with Gasteiger partial charge in [0.05, 0.1) is 17.3 Å². The lowest BCUT2D eigenvalue weighted by molar-refractivity contribution is -0.0553. The van der Waals surface area contributed by atoms with Crippen molar-refractivity contribution in [2.24, 2.45) is 5.84 Å². The summed E-state index contributed by atoms with van der Waals surface area (Å²) in [5.74, 6) is 5.71. The predicted molar refractivity (Wildman–Crippen MR) is 77.7 cm³/mol. The van der Waals surface area contributed by atoms with E-state index in [1.165, 1.54) is 0 Å². The molecule has 3 N–H and O–H groups in total. The van der Waals surface area contributed by atoms with Crippen molar-refractivity contribution >= 4 is 0 Å². The molecule has 0 spiro atoms. The summed E-state index contributed by atoms with van der Waals surface area (Å²) < 4.78 is 7.85. The van der Waals surface area contributed by atoms with Crippen molar-refractivity contribution in [1.29, 1.82) is 0 Å². The number of aromatic nitrogens is 2. The average Bonchev–Trinajstić information content (AvgIpc) is 2.84. The van der Waals surface area contributed by atoms with Crippen LogP contribution < -0.4 is 11.3 Å². The monoisotopic (exact) mass is 268 g/mol. The van der Waals surface area contributed by atoms with Gasteiger partial charge < -0.3 is 4.74 Å². The molecule has 0 aliphatic carbocycles. The highest BCUT2D eigenvalue weighted by molar-refractivity contribution is 5.05. The number of nitrogens with two attached hydrogens (primary N) is 1.